The highest BCUT2D eigenvalue weighted by atomic mass is 32.1. The van der Waals surface area contributed by atoms with E-state index in [-0.39, 0.29) is 0 Å². The molecule has 2 heteroatoms. The Kier molecular flexibility index (Phi) is 4.23. The molecule has 1 aliphatic carbocycles. The highest BCUT2D eigenvalue weighted by Gasteiger charge is 2.17. The van der Waals surface area contributed by atoms with Crippen LogP contribution < -0.4 is 5.32 Å². The molecule has 1 aromatic carbocycles. The predicted octanol–water partition coefficient (Wildman–Crippen LogP) is 5.04. The molecule has 1 N–H and O–H groups in total. The Hall–Kier alpha value is -1.12. The number of fused-ring (bicyclic) bond motifs is 1. The maximum absolute atomic E-state index is 3.79. The number of benzene rings is 1. The molecule has 0 fully saturated rings. The van der Waals surface area contributed by atoms with Crippen molar-refractivity contribution >= 4 is 11.3 Å². The normalized spacial score (nSPS) is 16.9. The van der Waals surface area contributed by atoms with Gasteiger partial charge in [0.15, 0.2) is 0 Å². The third kappa shape index (κ3) is 2.82. The van der Waals surface area contributed by atoms with Crippen molar-refractivity contribution in [1.29, 1.82) is 0 Å². The highest BCUT2D eigenvalue weighted by Crippen LogP contribution is 2.28. The van der Waals surface area contributed by atoms with Gasteiger partial charge in [-0.1, -0.05) is 31.2 Å². The Labute approximate surface area is 126 Å². The fourth-order valence-corrected chi connectivity index (χ4v) is 4.02. The SMILES string of the molecule is CCC(NC(C)c1ccc2c(c1)CCC2)c1cccs1. The van der Waals surface area contributed by atoms with Crippen LogP contribution in [0, 0.1) is 0 Å². The van der Waals surface area contributed by atoms with Gasteiger partial charge in [0, 0.05) is 17.0 Å². The van der Waals surface area contributed by atoms with Crippen LogP contribution in [0.5, 0.6) is 0 Å². The topological polar surface area (TPSA) is 12.0 Å². The molecule has 0 bridgehead atoms. The Balaban J connectivity index is 1.74. The van der Waals surface area contributed by atoms with Crippen LogP contribution in [0.1, 0.15) is 60.3 Å². The van der Waals surface area contributed by atoms with Crippen LogP contribution in [0.15, 0.2) is 35.7 Å². The maximum Gasteiger partial charge on any atom is 0.0416 e. The number of nitrogens with one attached hydrogen (secondary N) is 1. The molecule has 0 spiro atoms. The molecule has 1 nitrogen and oxygen atoms in total. The standard InChI is InChI=1S/C18H23NS/c1-3-17(18-8-5-11-20-18)19-13(2)15-10-9-14-6-4-7-16(14)12-15/h5,8-13,17,19H,3-4,6-7H2,1-2H3. The molecule has 1 aliphatic rings. The van der Waals surface area contributed by atoms with Crippen molar-refractivity contribution in [2.75, 3.05) is 0 Å². The van der Waals surface area contributed by atoms with Gasteiger partial charge in [-0.3, -0.25) is 0 Å². The van der Waals surface area contributed by atoms with Gasteiger partial charge in [-0.25, -0.2) is 0 Å². The molecule has 2 aromatic rings. The highest BCUT2D eigenvalue weighted by molar-refractivity contribution is 7.10. The molecule has 0 saturated heterocycles. The van der Waals surface area contributed by atoms with E-state index in [4.69, 9.17) is 0 Å². The van der Waals surface area contributed by atoms with E-state index in [1.165, 1.54) is 29.7 Å². The van der Waals surface area contributed by atoms with Crippen molar-refractivity contribution in [1.82, 2.24) is 5.32 Å². The van der Waals surface area contributed by atoms with E-state index < -0.39 is 0 Å². The van der Waals surface area contributed by atoms with Crippen molar-refractivity contribution in [2.45, 2.75) is 51.6 Å². The second-order valence-electron chi connectivity index (χ2n) is 5.75. The van der Waals surface area contributed by atoms with Crippen LogP contribution in [0.2, 0.25) is 0 Å². The molecule has 0 aliphatic heterocycles. The van der Waals surface area contributed by atoms with Crippen LogP contribution in [-0.2, 0) is 12.8 Å². The van der Waals surface area contributed by atoms with Gasteiger partial charge in [0.2, 0.25) is 0 Å². The van der Waals surface area contributed by atoms with Crippen molar-refractivity contribution < 1.29 is 0 Å². The second-order valence-corrected chi connectivity index (χ2v) is 6.73. The zero-order valence-electron chi connectivity index (χ0n) is 12.4. The zero-order chi connectivity index (χ0) is 13.9. The van der Waals surface area contributed by atoms with E-state index in [9.17, 15) is 0 Å². The Bertz CT molecular complexity index is 559. The summed E-state index contributed by atoms with van der Waals surface area (Å²) in [5, 5.41) is 5.95. The van der Waals surface area contributed by atoms with Gasteiger partial charge in [0.25, 0.3) is 0 Å². The lowest BCUT2D eigenvalue weighted by Crippen LogP contribution is -2.23. The van der Waals surface area contributed by atoms with Gasteiger partial charge in [-0.2, -0.15) is 0 Å². The number of rotatable bonds is 5. The third-order valence-corrected chi connectivity index (χ3v) is 5.35. The van der Waals surface area contributed by atoms with E-state index in [1.54, 1.807) is 11.1 Å². The van der Waals surface area contributed by atoms with Crippen molar-refractivity contribution in [3.8, 4) is 0 Å². The predicted molar refractivity (Wildman–Crippen MR) is 87.4 cm³/mol. The van der Waals surface area contributed by atoms with E-state index >= 15 is 0 Å². The van der Waals surface area contributed by atoms with Gasteiger partial charge < -0.3 is 5.32 Å². The fourth-order valence-electron chi connectivity index (χ4n) is 3.15. The van der Waals surface area contributed by atoms with E-state index in [0.717, 1.165) is 6.42 Å². The number of thiophene rings is 1. The summed E-state index contributed by atoms with van der Waals surface area (Å²) in [4.78, 5) is 1.44. The third-order valence-electron chi connectivity index (χ3n) is 4.37. The Morgan fingerprint density at radius 3 is 2.80 bits per heavy atom. The van der Waals surface area contributed by atoms with Gasteiger partial charge in [-0.15, -0.1) is 11.3 Å². The summed E-state index contributed by atoms with van der Waals surface area (Å²) >= 11 is 1.85. The van der Waals surface area contributed by atoms with Gasteiger partial charge in [0.05, 0.1) is 0 Å². The summed E-state index contributed by atoms with van der Waals surface area (Å²) in [6.07, 6.45) is 4.99. The van der Waals surface area contributed by atoms with E-state index in [0.29, 0.717) is 12.1 Å². The Morgan fingerprint density at radius 1 is 1.20 bits per heavy atom. The average molecular weight is 285 g/mol. The van der Waals surface area contributed by atoms with E-state index in [2.05, 4.69) is 54.9 Å². The minimum atomic E-state index is 0.410. The first kappa shape index (κ1) is 13.8. The fraction of sp³-hybridized carbons (Fsp3) is 0.444. The molecular formula is C18H23NS. The number of hydrogen-bond donors (Lipinski definition) is 1. The average Bonchev–Trinajstić information content (AvgIpc) is 3.14. The first-order valence-electron chi connectivity index (χ1n) is 7.69. The van der Waals surface area contributed by atoms with Crippen molar-refractivity contribution in [2.24, 2.45) is 0 Å². The van der Waals surface area contributed by atoms with Crippen molar-refractivity contribution in [3.63, 3.8) is 0 Å². The van der Waals surface area contributed by atoms with Gasteiger partial charge in [-0.05, 0) is 60.7 Å². The van der Waals surface area contributed by atoms with Gasteiger partial charge in [0.1, 0.15) is 0 Å². The monoisotopic (exact) mass is 285 g/mol. The largest absolute Gasteiger partial charge is 0.303 e. The molecule has 1 heterocycles. The van der Waals surface area contributed by atoms with Crippen LogP contribution in [0.25, 0.3) is 0 Å². The molecule has 106 valence electrons. The molecule has 0 radical (unpaired) electrons. The molecule has 0 amide bonds. The van der Waals surface area contributed by atoms with Gasteiger partial charge >= 0.3 is 0 Å². The summed E-state index contributed by atoms with van der Waals surface area (Å²) in [6.45, 7) is 4.54. The summed E-state index contributed by atoms with van der Waals surface area (Å²) in [6, 6.07) is 12.3. The van der Waals surface area contributed by atoms with E-state index in [1.807, 2.05) is 11.3 Å². The second kappa shape index (κ2) is 6.11. The maximum atomic E-state index is 3.79. The van der Waals surface area contributed by atoms with Crippen LogP contribution in [0.4, 0.5) is 0 Å². The lowest BCUT2D eigenvalue weighted by atomic mass is 10.0. The number of aryl methyl sites for hydroxylation is 2. The summed E-state index contributed by atoms with van der Waals surface area (Å²) in [7, 11) is 0. The molecule has 1 aromatic heterocycles. The van der Waals surface area contributed by atoms with Crippen LogP contribution in [0.3, 0.4) is 0 Å². The van der Waals surface area contributed by atoms with Crippen LogP contribution >= 0.6 is 11.3 Å². The molecule has 2 atom stereocenters. The van der Waals surface area contributed by atoms with Crippen LogP contribution in [-0.4, -0.2) is 0 Å². The minimum Gasteiger partial charge on any atom is -0.303 e. The molecule has 2 unspecified atom stereocenters. The molecule has 20 heavy (non-hydrogen) atoms. The quantitative estimate of drug-likeness (QED) is 0.811. The summed E-state index contributed by atoms with van der Waals surface area (Å²) in [5.74, 6) is 0. The first-order chi connectivity index (χ1) is 9.78. The molecular weight excluding hydrogens is 262 g/mol. The lowest BCUT2D eigenvalue weighted by molar-refractivity contribution is 0.462. The molecule has 0 saturated carbocycles. The molecule has 3 rings (SSSR count). The lowest BCUT2D eigenvalue weighted by Gasteiger charge is -2.22. The zero-order valence-corrected chi connectivity index (χ0v) is 13.2. The summed E-state index contributed by atoms with van der Waals surface area (Å²) in [5.41, 5.74) is 4.56. The minimum absolute atomic E-state index is 0.410. The number of hydrogen-bond acceptors (Lipinski definition) is 2. The summed E-state index contributed by atoms with van der Waals surface area (Å²) < 4.78 is 0. The smallest absolute Gasteiger partial charge is 0.0416 e. The first-order valence-corrected chi connectivity index (χ1v) is 8.57. The Morgan fingerprint density at radius 2 is 2.05 bits per heavy atom. The van der Waals surface area contributed by atoms with Crippen molar-refractivity contribution in [3.05, 3.63) is 57.3 Å².